The van der Waals surface area contributed by atoms with Gasteiger partial charge in [-0.3, -0.25) is 4.79 Å². The van der Waals surface area contributed by atoms with Crippen LogP contribution in [-0.2, 0) is 15.3 Å². The van der Waals surface area contributed by atoms with Crippen molar-refractivity contribution in [1.82, 2.24) is 4.90 Å². The van der Waals surface area contributed by atoms with Crippen molar-refractivity contribution in [3.8, 4) is 0 Å². The number of amides is 1. The zero-order chi connectivity index (χ0) is 15.2. The Morgan fingerprint density at radius 2 is 2.00 bits per heavy atom. The Morgan fingerprint density at radius 3 is 2.68 bits per heavy atom. The molecular weight excluding hydrogens is 278 g/mol. The Bertz CT molecular complexity index is 645. The molecule has 1 aromatic carbocycles. The van der Waals surface area contributed by atoms with Crippen molar-refractivity contribution in [2.24, 2.45) is 23.7 Å². The number of fused-ring (bicyclic) bond motifs is 2. The van der Waals surface area contributed by atoms with Crippen LogP contribution in [0, 0.1) is 23.7 Å². The van der Waals surface area contributed by atoms with Crippen molar-refractivity contribution in [2.45, 2.75) is 44.2 Å². The van der Waals surface area contributed by atoms with Gasteiger partial charge in [0.25, 0.3) is 0 Å². The van der Waals surface area contributed by atoms with E-state index in [1.54, 1.807) is 0 Å². The molecule has 2 aliphatic heterocycles. The second kappa shape index (κ2) is 3.92. The van der Waals surface area contributed by atoms with Crippen molar-refractivity contribution in [1.29, 1.82) is 0 Å². The molecule has 4 aliphatic rings. The molecule has 7 atom stereocenters. The van der Waals surface area contributed by atoms with Gasteiger partial charge in [-0.1, -0.05) is 30.3 Å². The second-order valence-electron chi connectivity index (χ2n) is 7.55. The Balaban J connectivity index is 1.75. The van der Waals surface area contributed by atoms with Crippen LogP contribution < -0.4 is 0 Å². The molecule has 2 bridgehead atoms. The molecule has 7 unspecified atom stereocenters. The highest BCUT2D eigenvalue weighted by Crippen LogP contribution is 2.70. The normalized spacial score (nSPS) is 48.0. The van der Waals surface area contributed by atoms with Crippen LogP contribution in [0.25, 0.3) is 0 Å². The molecule has 2 saturated heterocycles. The predicted molar refractivity (Wildman–Crippen MR) is 79.6 cm³/mol. The second-order valence-corrected chi connectivity index (χ2v) is 7.55. The number of carbonyl (C=O) groups is 1. The van der Waals surface area contributed by atoms with Crippen molar-refractivity contribution < 1.29 is 14.6 Å². The van der Waals surface area contributed by atoms with E-state index in [-0.39, 0.29) is 35.8 Å². The van der Waals surface area contributed by atoms with Gasteiger partial charge >= 0.3 is 0 Å². The van der Waals surface area contributed by atoms with Gasteiger partial charge in [-0.2, -0.15) is 0 Å². The molecule has 1 amide bonds. The molecule has 0 spiro atoms. The number of aliphatic hydroxyl groups is 1. The maximum Gasteiger partial charge on any atom is 0.229 e. The smallest absolute Gasteiger partial charge is 0.229 e. The summed E-state index contributed by atoms with van der Waals surface area (Å²) in [6.07, 6.45) is 0.351. The van der Waals surface area contributed by atoms with Crippen LogP contribution in [-0.4, -0.2) is 34.2 Å². The maximum atomic E-state index is 13.1. The summed E-state index contributed by atoms with van der Waals surface area (Å²) in [5, 5.41) is 10.5. The van der Waals surface area contributed by atoms with Crippen LogP contribution >= 0.6 is 0 Å². The van der Waals surface area contributed by atoms with Crippen LogP contribution in [0.3, 0.4) is 0 Å². The zero-order valence-corrected chi connectivity index (χ0v) is 12.8. The molecule has 4 nitrogen and oxygen atoms in total. The molecule has 22 heavy (non-hydrogen) atoms. The Morgan fingerprint density at radius 1 is 1.27 bits per heavy atom. The predicted octanol–water partition coefficient (Wildman–Crippen LogP) is 1.73. The number of hydrogen-bond donors (Lipinski definition) is 1. The molecule has 4 fully saturated rings. The summed E-state index contributed by atoms with van der Waals surface area (Å²) in [6.45, 7) is 4.12. The van der Waals surface area contributed by atoms with Crippen LogP contribution in [0.1, 0.15) is 25.8 Å². The molecule has 0 radical (unpaired) electrons. The van der Waals surface area contributed by atoms with E-state index in [0.29, 0.717) is 5.92 Å². The summed E-state index contributed by atoms with van der Waals surface area (Å²) in [5.41, 5.74) is 0.394. The first-order valence-electron chi connectivity index (χ1n) is 8.32. The van der Waals surface area contributed by atoms with E-state index in [2.05, 4.69) is 26.0 Å². The van der Waals surface area contributed by atoms with E-state index in [1.807, 2.05) is 23.1 Å². The summed E-state index contributed by atoms with van der Waals surface area (Å²) >= 11 is 0. The third-order valence-electron chi connectivity index (χ3n) is 6.40. The molecule has 1 N–H and O–H groups in total. The number of hydrogen-bond acceptors (Lipinski definition) is 3. The first kappa shape index (κ1) is 13.1. The number of likely N-dealkylation sites (tertiary alicyclic amines) is 1. The van der Waals surface area contributed by atoms with E-state index >= 15 is 0 Å². The van der Waals surface area contributed by atoms with E-state index < -0.39 is 11.8 Å². The van der Waals surface area contributed by atoms with Crippen LogP contribution in [0.15, 0.2) is 30.3 Å². The molecule has 5 rings (SSSR count). The fourth-order valence-electron chi connectivity index (χ4n) is 5.90. The Kier molecular flexibility index (Phi) is 2.33. The summed E-state index contributed by atoms with van der Waals surface area (Å²) in [6, 6.07) is 10.2. The van der Waals surface area contributed by atoms with Gasteiger partial charge in [-0.15, -0.1) is 0 Å². The van der Waals surface area contributed by atoms with Gasteiger partial charge in [0.1, 0.15) is 0 Å². The van der Waals surface area contributed by atoms with E-state index in [1.165, 1.54) is 0 Å². The number of nitrogens with zero attached hydrogens (tertiary/aromatic N) is 1. The lowest BCUT2D eigenvalue weighted by Crippen LogP contribution is -2.51. The molecule has 2 saturated carbocycles. The molecule has 4 heteroatoms. The van der Waals surface area contributed by atoms with Gasteiger partial charge in [0.05, 0.1) is 18.1 Å². The maximum absolute atomic E-state index is 13.1. The molecular formula is C18H21NO3. The van der Waals surface area contributed by atoms with Crippen LogP contribution in [0.5, 0.6) is 0 Å². The summed E-state index contributed by atoms with van der Waals surface area (Å²) < 4.78 is 6.52. The highest BCUT2D eigenvalue weighted by Gasteiger charge is 2.78. The average Bonchev–Trinajstić information content (AvgIpc) is 3.16. The quantitative estimate of drug-likeness (QED) is 0.905. The number of ether oxygens (including phenoxy) is 1. The Hall–Kier alpha value is -1.39. The third kappa shape index (κ3) is 1.19. The molecule has 0 aromatic heterocycles. The van der Waals surface area contributed by atoms with E-state index in [4.69, 9.17) is 4.74 Å². The highest BCUT2D eigenvalue weighted by atomic mass is 16.6. The topological polar surface area (TPSA) is 49.8 Å². The van der Waals surface area contributed by atoms with Crippen molar-refractivity contribution >= 4 is 5.91 Å². The average molecular weight is 299 g/mol. The number of rotatable bonds is 2. The van der Waals surface area contributed by atoms with Crippen molar-refractivity contribution in [3.63, 3.8) is 0 Å². The number of carbonyl (C=O) groups excluding carboxylic acids is 1. The fraction of sp³-hybridized carbons (Fsp3) is 0.611. The molecule has 2 heterocycles. The van der Waals surface area contributed by atoms with Gasteiger partial charge < -0.3 is 14.7 Å². The molecule has 1 aromatic rings. The summed E-state index contributed by atoms with van der Waals surface area (Å²) in [4.78, 5) is 15.1. The van der Waals surface area contributed by atoms with Gasteiger partial charge in [0.15, 0.2) is 5.72 Å². The lowest BCUT2D eigenvalue weighted by molar-refractivity contribution is -0.188. The van der Waals surface area contributed by atoms with Crippen LogP contribution in [0.4, 0.5) is 0 Å². The van der Waals surface area contributed by atoms with Gasteiger partial charge in [-0.05, 0) is 32.1 Å². The highest BCUT2D eigenvalue weighted by molar-refractivity contribution is 5.85. The number of aliphatic hydroxyl groups excluding tert-OH is 1. The van der Waals surface area contributed by atoms with Crippen molar-refractivity contribution in [2.75, 3.05) is 0 Å². The van der Waals surface area contributed by atoms with E-state index in [9.17, 15) is 9.90 Å². The summed E-state index contributed by atoms with van der Waals surface area (Å²) in [7, 11) is 0. The van der Waals surface area contributed by atoms with Crippen LogP contribution in [0.2, 0.25) is 0 Å². The molecule has 2 aliphatic carbocycles. The first-order chi connectivity index (χ1) is 10.6. The minimum Gasteiger partial charge on any atom is -0.390 e. The SMILES string of the molecule is CC(C)N1C(=O)C2C3CC4C(OC1(c1ccccc1)C42)C3O. The Labute approximate surface area is 130 Å². The first-order valence-corrected chi connectivity index (χ1v) is 8.32. The van der Waals surface area contributed by atoms with Gasteiger partial charge in [0, 0.05) is 17.5 Å². The number of benzene rings is 1. The lowest BCUT2D eigenvalue weighted by atomic mass is 9.75. The van der Waals surface area contributed by atoms with Gasteiger partial charge in [-0.25, -0.2) is 0 Å². The minimum absolute atomic E-state index is 0.0682. The molecule has 116 valence electrons. The third-order valence-corrected chi connectivity index (χ3v) is 6.40. The largest absolute Gasteiger partial charge is 0.390 e. The standard InChI is InChI=1S/C18H21NO3/c1-9(2)19-17(21)13-11-8-12-14(13)18(19,22-16(12)15(11)20)10-6-4-3-5-7-10/h3-7,9,11-16,20H,8H2,1-2H3. The minimum atomic E-state index is -0.668. The summed E-state index contributed by atoms with van der Waals surface area (Å²) in [5.74, 6) is 0.706. The van der Waals surface area contributed by atoms with E-state index in [0.717, 1.165) is 12.0 Å². The fourth-order valence-corrected chi connectivity index (χ4v) is 5.90. The lowest BCUT2D eigenvalue weighted by Gasteiger charge is -2.41. The zero-order valence-electron chi connectivity index (χ0n) is 12.8. The van der Waals surface area contributed by atoms with Gasteiger partial charge in [0.2, 0.25) is 5.91 Å². The monoisotopic (exact) mass is 299 g/mol. The van der Waals surface area contributed by atoms with Crippen molar-refractivity contribution in [3.05, 3.63) is 35.9 Å².